The third kappa shape index (κ3) is 9.05. The Hall–Kier alpha value is -0.570. The van der Waals surface area contributed by atoms with Gasteiger partial charge in [0.05, 0.1) is 0 Å². The van der Waals surface area contributed by atoms with E-state index in [1.54, 1.807) is 0 Å². The van der Waals surface area contributed by atoms with Crippen molar-refractivity contribution < 1.29 is 4.79 Å². The summed E-state index contributed by atoms with van der Waals surface area (Å²) in [6.07, 6.45) is 16.7. The lowest BCUT2D eigenvalue weighted by Gasteiger charge is -2.43. The second-order valence-electron chi connectivity index (χ2n) is 8.49. The molecule has 0 aromatic heterocycles. The zero-order valence-electron chi connectivity index (χ0n) is 16.6. The minimum absolute atomic E-state index is 0.137. The number of nitrogens with two attached hydrogens (primary N) is 1. The second kappa shape index (κ2) is 11.9. The Morgan fingerprint density at radius 3 is 1.96 bits per heavy atom. The van der Waals surface area contributed by atoms with Gasteiger partial charge in [0, 0.05) is 12.0 Å². The molecule has 1 rings (SSSR count). The lowest BCUT2D eigenvalue weighted by Crippen LogP contribution is -2.48. The summed E-state index contributed by atoms with van der Waals surface area (Å²) in [5.41, 5.74) is 5.64. The molecule has 1 amide bonds. The van der Waals surface area contributed by atoms with Gasteiger partial charge in [-0.3, -0.25) is 9.69 Å². The molecule has 0 radical (unpaired) electrons. The van der Waals surface area contributed by atoms with Crippen molar-refractivity contribution in [2.75, 3.05) is 13.1 Å². The number of primary amides is 1. The molecule has 0 aromatic carbocycles. The van der Waals surface area contributed by atoms with E-state index in [0.717, 1.165) is 25.9 Å². The van der Waals surface area contributed by atoms with Crippen molar-refractivity contribution in [1.82, 2.24) is 4.90 Å². The fraction of sp³-hybridized carbons (Fsp3) is 0.952. The van der Waals surface area contributed by atoms with E-state index in [1.807, 2.05) is 0 Å². The van der Waals surface area contributed by atoms with Gasteiger partial charge in [0.15, 0.2) is 0 Å². The highest BCUT2D eigenvalue weighted by Gasteiger charge is 2.30. The maximum absolute atomic E-state index is 11.1. The van der Waals surface area contributed by atoms with Gasteiger partial charge in [-0.1, -0.05) is 64.7 Å². The number of carbonyl (C=O) groups excluding carboxylic acids is 1. The second-order valence-corrected chi connectivity index (χ2v) is 8.49. The molecule has 0 saturated carbocycles. The van der Waals surface area contributed by atoms with Crippen LogP contribution in [-0.2, 0) is 4.79 Å². The van der Waals surface area contributed by atoms with Crippen LogP contribution in [0, 0.1) is 5.92 Å². The summed E-state index contributed by atoms with van der Waals surface area (Å²) in [5, 5.41) is 0. The van der Waals surface area contributed by atoms with Crippen LogP contribution in [-0.4, -0.2) is 29.4 Å². The van der Waals surface area contributed by atoms with Crippen molar-refractivity contribution in [3.8, 4) is 0 Å². The first-order chi connectivity index (χ1) is 11.5. The van der Waals surface area contributed by atoms with Crippen molar-refractivity contribution >= 4 is 5.91 Å². The number of likely N-dealkylation sites (tertiary alicyclic amines) is 1. The highest BCUT2D eigenvalue weighted by Crippen LogP contribution is 2.29. The molecule has 1 aliphatic heterocycles. The quantitative estimate of drug-likeness (QED) is 0.465. The van der Waals surface area contributed by atoms with Gasteiger partial charge in [-0.2, -0.15) is 0 Å². The average Bonchev–Trinajstić information content (AvgIpc) is 2.53. The maximum Gasteiger partial charge on any atom is 0.217 e. The van der Waals surface area contributed by atoms with E-state index in [1.165, 1.54) is 64.2 Å². The molecular weight excluding hydrogens is 296 g/mol. The standard InChI is InChI=1S/C21H42N2O/c1-4-5-6-7-8-9-10-11-12-15-21(2,3)23-16-13-19(14-17-23)18-20(22)24/h19H,4-18H2,1-3H3,(H2,22,24). The number of hydrogen-bond acceptors (Lipinski definition) is 2. The van der Waals surface area contributed by atoms with E-state index in [4.69, 9.17) is 5.73 Å². The lowest BCUT2D eigenvalue weighted by atomic mass is 9.87. The van der Waals surface area contributed by atoms with Gasteiger partial charge < -0.3 is 5.73 Å². The molecule has 0 spiro atoms. The summed E-state index contributed by atoms with van der Waals surface area (Å²) in [5.74, 6) is 0.379. The number of rotatable bonds is 13. The fourth-order valence-electron chi connectivity index (χ4n) is 4.05. The summed E-state index contributed by atoms with van der Waals surface area (Å²) in [6.45, 7) is 9.32. The fourth-order valence-corrected chi connectivity index (χ4v) is 4.05. The van der Waals surface area contributed by atoms with Crippen LogP contribution < -0.4 is 5.73 Å². The Morgan fingerprint density at radius 1 is 0.958 bits per heavy atom. The number of carbonyl (C=O) groups is 1. The lowest BCUT2D eigenvalue weighted by molar-refractivity contribution is -0.119. The first kappa shape index (κ1) is 21.5. The van der Waals surface area contributed by atoms with E-state index >= 15 is 0 Å². The predicted molar refractivity (Wildman–Crippen MR) is 104 cm³/mol. The van der Waals surface area contributed by atoms with Gasteiger partial charge in [-0.05, 0) is 52.1 Å². The maximum atomic E-state index is 11.1. The van der Waals surface area contributed by atoms with Crippen molar-refractivity contribution in [2.24, 2.45) is 11.7 Å². The number of hydrogen-bond donors (Lipinski definition) is 1. The Kier molecular flexibility index (Phi) is 10.6. The molecule has 1 fully saturated rings. The third-order valence-electron chi connectivity index (χ3n) is 5.85. The summed E-state index contributed by atoms with van der Waals surface area (Å²) < 4.78 is 0. The van der Waals surface area contributed by atoms with Crippen LogP contribution in [0.3, 0.4) is 0 Å². The topological polar surface area (TPSA) is 46.3 Å². The summed E-state index contributed by atoms with van der Waals surface area (Å²) in [7, 11) is 0. The van der Waals surface area contributed by atoms with Crippen LogP contribution in [0.4, 0.5) is 0 Å². The normalized spacial score (nSPS) is 17.3. The molecule has 1 aliphatic rings. The molecule has 2 N–H and O–H groups in total. The van der Waals surface area contributed by atoms with Crippen LogP contribution in [0.15, 0.2) is 0 Å². The van der Waals surface area contributed by atoms with Gasteiger partial charge in [0.1, 0.15) is 0 Å². The first-order valence-corrected chi connectivity index (χ1v) is 10.5. The van der Waals surface area contributed by atoms with Crippen molar-refractivity contribution in [3.05, 3.63) is 0 Å². The smallest absolute Gasteiger partial charge is 0.217 e. The SMILES string of the molecule is CCCCCCCCCCCC(C)(C)N1CCC(CC(N)=O)CC1. The van der Waals surface area contributed by atoms with Crippen molar-refractivity contribution in [3.63, 3.8) is 0 Å². The molecular formula is C21H42N2O. The van der Waals surface area contributed by atoms with E-state index in [9.17, 15) is 4.79 Å². The molecule has 3 nitrogen and oxygen atoms in total. The predicted octanol–water partition coefficient (Wildman–Crippen LogP) is 5.27. The summed E-state index contributed by atoms with van der Waals surface area (Å²) >= 11 is 0. The first-order valence-electron chi connectivity index (χ1n) is 10.5. The monoisotopic (exact) mass is 338 g/mol. The molecule has 3 heteroatoms. The van der Waals surface area contributed by atoms with E-state index in [2.05, 4.69) is 25.7 Å². The van der Waals surface area contributed by atoms with E-state index in [0.29, 0.717) is 17.9 Å². The minimum atomic E-state index is -0.137. The zero-order chi connectivity index (χ0) is 17.8. The van der Waals surface area contributed by atoms with E-state index < -0.39 is 0 Å². The average molecular weight is 339 g/mol. The summed E-state index contributed by atoms with van der Waals surface area (Å²) in [4.78, 5) is 13.7. The van der Waals surface area contributed by atoms with Gasteiger partial charge >= 0.3 is 0 Å². The van der Waals surface area contributed by atoms with Gasteiger partial charge in [0.25, 0.3) is 0 Å². The molecule has 0 atom stereocenters. The molecule has 0 unspecified atom stereocenters. The van der Waals surface area contributed by atoms with Crippen molar-refractivity contribution in [2.45, 2.75) is 110 Å². The number of nitrogens with zero attached hydrogens (tertiary/aromatic N) is 1. The van der Waals surface area contributed by atoms with Crippen LogP contribution in [0.2, 0.25) is 0 Å². The van der Waals surface area contributed by atoms with Gasteiger partial charge in [-0.15, -0.1) is 0 Å². The molecule has 0 aromatic rings. The highest BCUT2D eigenvalue weighted by molar-refractivity contribution is 5.73. The van der Waals surface area contributed by atoms with Crippen LogP contribution >= 0.6 is 0 Å². The van der Waals surface area contributed by atoms with Gasteiger partial charge in [0.2, 0.25) is 5.91 Å². The Balaban J connectivity index is 2.08. The number of unbranched alkanes of at least 4 members (excludes halogenated alkanes) is 8. The van der Waals surface area contributed by atoms with Crippen LogP contribution in [0.5, 0.6) is 0 Å². The van der Waals surface area contributed by atoms with Gasteiger partial charge in [-0.25, -0.2) is 0 Å². The molecule has 1 saturated heterocycles. The molecule has 1 heterocycles. The third-order valence-corrected chi connectivity index (χ3v) is 5.85. The molecule has 142 valence electrons. The Labute approximate surface area is 150 Å². The van der Waals surface area contributed by atoms with Crippen LogP contribution in [0.1, 0.15) is 104 Å². The van der Waals surface area contributed by atoms with Crippen molar-refractivity contribution in [1.29, 1.82) is 0 Å². The number of piperidine rings is 1. The Bertz CT molecular complexity index is 333. The van der Waals surface area contributed by atoms with E-state index in [-0.39, 0.29) is 5.91 Å². The summed E-state index contributed by atoms with van der Waals surface area (Å²) in [6, 6.07) is 0. The van der Waals surface area contributed by atoms with Crippen LogP contribution in [0.25, 0.3) is 0 Å². The zero-order valence-corrected chi connectivity index (χ0v) is 16.6. The minimum Gasteiger partial charge on any atom is -0.370 e. The molecule has 0 aliphatic carbocycles. The Morgan fingerprint density at radius 2 is 1.46 bits per heavy atom. The molecule has 24 heavy (non-hydrogen) atoms. The number of amides is 1. The largest absolute Gasteiger partial charge is 0.370 e. The molecule has 0 bridgehead atoms. The highest BCUT2D eigenvalue weighted by atomic mass is 16.1.